The standard InChI is InChI=1S/C27H35F2N3O2S/c1-4-35(34)23-7-5-19(6-8-23)14-31-26(33)21-13-22-17-32(25(18(2)3)24(22)30-15-21)16-20-9-11-27(28,29)12-10-20/h5-8,13,15,18,20,25H,4,9-12,14,16-17H2,1-3H3,(H,31,33). The molecular weight excluding hydrogens is 468 g/mol. The van der Waals surface area contributed by atoms with Crippen molar-refractivity contribution in [2.75, 3.05) is 12.3 Å². The molecule has 0 saturated heterocycles. The lowest BCUT2D eigenvalue weighted by Gasteiger charge is -2.34. The average molecular weight is 504 g/mol. The van der Waals surface area contributed by atoms with Crippen LogP contribution in [0.5, 0.6) is 0 Å². The number of carbonyl (C=O) groups is 1. The summed E-state index contributed by atoms with van der Waals surface area (Å²) in [5, 5.41) is 2.95. The van der Waals surface area contributed by atoms with Gasteiger partial charge in [-0.15, -0.1) is 0 Å². The molecule has 5 nitrogen and oxygen atoms in total. The molecule has 0 spiro atoms. The van der Waals surface area contributed by atoms with Gasteiger partial charge in [-0.3, -0.25) is 18.9 Å². The molecule has 2 aromatic rings. The summed E-state index contributed by atoms with van der Waals surface area (Å²) in [4.78, 5) is 20.7. The van der Waals surface area contributed by atoms with Crippen molar-refractivity contribution in [1.82, 2.24) is 15.2 Å². The van der Waals surface area contributed by atoms with Crippen LogP contribution in [0.25, 0.3) is 0 Å². The van der Waals surface area contributed by atoms with Crippen molar-refractivity contribution in [1.29, 1.82) is 0 Å². The van der Waals surface area contributed by atoms with Crippen molar-refractivity contribution in [3.63, 3.8) is 0 Å². The van der Waals surface area contributed by atoms with Crippen LogP contribution in [0.3, 0.4) is 0 Å². The predicted molar refractivity (Wildman–Crippen MR) is 134 cm³/mol. The van der Waals surface area contributed by atoms with E-state index in [0.717, 1.165) is 28.3 Å². The van der Waals surface area contributed by atoms with E-state index in [1.165, 1.54) is 0 Å². The highest BCUT2D eigenvalue weighted by Gasteiger charge is 2.39. The van der Waals surface area contributed by atoms with Gasteiger partial charge < -0.3 is 5.32 Å². The van der Waals surface area contributed by atoms with Crippen LogP contribution in [0.2, 0.25) is 0 Å². The molecule has 4 rings (SSSR count). The number of hydrogen-bond donors (Lipinski definition) is 1. The second-order valence-corrected chi connectivity index (χ2v) is 11.9. The number of hydrogen-bond acceptors (Lipinski definition) is 4. The number of amides is 1. The lowest BCUT2D eigenvalue weighted by atomic mass is 9.86. The summed E-state index contributed by atoms with van der Waals surface area (Å²) >= 11 is 0. The third-order valence-electron chi connectivity index (χ3n) is 7.17. The van der Waals surface area contributed by atoms with Gasteiger partial charge in [0.1, 0.15) is 0 Å². The highest BCUT2D eigenvalue weighted by Crippen LogP contribution is 2.41. The fraction of sp³-hybridized carbons (Fsp3) is 0.556. The molecule has 1 N–H and O–H groups in total. The van der Waals surface area contributed by atoms with Gasteiger partial charge in [-0.1, -0.05) is 32.9 Å². The molecule has 2 atom stereocenters. The van der Waals surface area contributed by atoms with E-state index in [2.05, 4.69) is 29.0 Å². The first-order valence-electron chi connectivity index (χ1n) is 12.5. The van der Waals surface area contributed by atoms with Gasteiger partial charge in [0.25, 0.3) is 5.91 Å². The zero-order valence-corrected chi connectivity index (χ0v) is 21.5. The Bertz CT molecular complexity index is 1060. The monoisotopic (exact) mass is 503 g/mol. The number of pyridine rings is 1. The zero-order chi connectivity index (χ0) is 25.2. The van der Waals surface area contributed by atoms with Crippen molar-refractivity contribution in [2.45, 2.75) is 76.4 Å². The normalized spacial score (nSPS) is 21.1. The molecule has 1 aromatic heterocycles. The highest BCUT2D eigenvalue weighted by atomic mass is 32.2. The number of rotatable bonds is 8. The lowest BCUT2D eigenvalue weighted by Crippen LogP contribution is -2.34. The topological polar surface area (TPSA) is 62.3 Å². The summed E-state index contributed by atoms with van der Waals surface area (Å²) in [7, 11) is -0.990. The van der Waals surface area contributed by atoms with Crippen LogP contribution < -0.4 is 5.32 Å². The quantitative estimate of drug-likeness (QED) is 0.518. The number of alkyl halides is 2. The Kier molecular flexibility index (Phi) is 8.01. The van der Waals surface area contributed by atoms with Crippen molar-refractivity contribution in [3.05, 3.63) is 58.9 Å². The van der Waals surface area contributed by atoms with E-state index in [9.17, 15) is 17.8 Å². The molecule has 0 bridgehead atoms. The van der Waals surface area contributed by atoms with Crippen LogP contribution in [-0.2, 0) is 23.9 Å². The molecule has 1 aliphatic heterocycles. The maximum absolute atomic E-state index is 13.6. The number of aromatic nitrogens is 1. The first-order valence-corrected chi connectivity index (χ1v) is 13.8. The van der Waals surface area contributed by atoms with E-state index in [1.807, 2.05) is 37.3 Å². The number of halogens is 2. The number of carbonyl (C=O) groups excluding carboxylic acids is 1. The third-order valence-corrected chi connectivity index (χ3v) is 8.50. The Morgan fingerprint density at radius 1 is 1.23 bits per heavy atom. The lowest BCUT2D eigenvalue weighted by molar-refractivity contribution is -0.0506. The molecule has 190 valence electrons. The Hall–Kier alpha value is -2.19. The van der Waals surface area contributed by atoms with Gasteiger partial charge in [-0.2, -0.15) is 0 Å². The van der Waals surface area contributed by atoms with Crippen LogP contribution in [-0.4, -0.2) is 38.2 Å². The Balaban J connectivity index is 1.40. The summed E-state index contributed by atoms with van der Waals surface area (Å²) in [6.07, 6.45) is 2.71. The Morgan fingerprint density at radius 2 is 1.91 bits per heavy atom. The average Bonchev–Trinajstić information content (AvgIpc) is 3.21. The molecule has 2 aliphatic rings. The Labute approximate surface area is 209 Å². The van der Waals surface area contributed by atoms with E-state index in [4.69, 9.17) is 0 Å². The van der Waals surface area contributed by atoms with Crippen molar-refractivity contribution >= 4 is 16.7 Å². The van der Waals surface area contributed by atoms with Gasteiger partial charge in [0.2, 0.25) is 5.92 Å². The molecular formula is C27H35F2N3O2S. The van der Waals surface area contributed by atoms with Crippen LogP contribution in [0.1, 0.15) is 79.7 Å². The molecule has 1 amide bonds. The summed E-state index contributed by atoms with van der Waals surface area (Å²) in [5.74, 6) is -1.52. The van der Waals surface area contributed by atoms with Crippen molar-refractivity contribution in [3.8, 4) is 0 Å². The van der Waals surface area contributed by atoms with Gasteiger partial charge in [-0.25, -0.2) is 8.78 Å². The van der Waals surface area contributed by atoms with Gasteiger partial charge in [0, 0.05) is 49.3 Å². The van der Waals surface area contributed by atoms with Gasteiger partial charge in [-0.05, 0) is 54.0 Å². The smallest absolute Gasteiger partial charge is 0.253 e. The molecule has 2 unspecified atom stereocenters. The number of nitrogens with zero attached hydrogens (tertiary/aromatic N) is 2. The van der Waals surface area contributed by atoms with Crippen molar-refractivity contribution < 1.29 is 17.8 Å². The molecule has 0 radical (unpaired) electrons. The van der Waals surface area contributed by atoms with E-state index < -0.39 is 16.7 Å². The van der Waals surface area contributed by atoms with E-state index in [0.29, 0.717) is 43.2 Å². The van der Waals surface area contributed by atoms with Crippen molar-refractivity contribution in [2.24, 2.45) is 11.8 Å². The van der Waals surface area contributed by atoms with E-state index in [1.54, 1.807) is 6.20 Å². The highest BCUT2D eigenvalue weighted by molar-refractivity contribution is 7.85. The predicted octanol–water partition coefficient (Wildman–Crippen LogP) is 5.48. The zero-order valence-electron chi connectivity index (χ0n) is 20.7. The van der Waals surface area contributed by atoms with Gasteiger partial charge in [0.05, 0.1) is 28.1 Å². The van der Waals surface area contributed by atoms with E-state index >= 15 is 0 Å². The Morgan fingerprint density at radius 3 is 2.54 bits per heavy atom. The first-order chi connectivity index (χ1) is 16.7. The minimum absolute atomic E-state index is 0.0213. The largest absolute Gasteiger partial charge is 0.348 e. The SMILES string of the molecule is CCS(=O)c1ccc(CNC(=O)c2cnc3c(c2)CN(CC2CCC(F)(F)CC2)C3C(C)C)cc1. The fourth-order valence-corrected chi connectivity index (χ4v) is 6.04. The molecule has 35 heavy (non-hydrogen) atoms. The maximum Gasteiger partial charge on any atom is 0.253 e. The number of benzene rings is 1. The second kappa shape index (κ2) is 10.8. The number of fused-ring (bicyclic) bond motifs is 1. The summed E-state index contributed by atoms with van der Waals surface area (Å²) in [6.45, 7) is 8.05. The summed E-state index contributed by atoms with van der Waals surface area (Å²) in [6, 6.07) is 9.51. The molecule has 1 aliphatic carbocycles. The third kappa shape index (κ3) is 6.15. The van der Waals surface area contributed by atoms with Crippen LogP contribution in [0, 0.1) is 11.8 Å². The molecule has 8 heteroatoms. The number of nitrogens with one attached hydrogen (secondary N) is 1. The summed E-state index contributed by atoms with van der Waals surface area (Å²) in [5.41, 5.74) is 3.50. The van der Waals surface area contributed by atoms with Gasteiger partial charge >= 0.3 is 0 Å². The van der Waals surface area contributed by atoms with E-state index in [-0.39, 0.29) is 30.7 Å². The van der Waals surface area contributed by atoms with Gasteiger partial charge in [0.15, 0.2) is 0 Å². The van der Waals surface area contributed by atoms with Crippen LogP contribution in [0.4, 0.5) is 8.78 Å². The molecule has 1 aromatic carbocycles. The first kappa shape index (κ1) is 25.9. The molecule has 1 fully saturated rings. The second-order valence-electron chi connectivity index (χ2n) is 10.1. The summed E-state index contributed by atoms with van der Waals surface area (Å²) < 4.78 is 39.1. The molecule has 1 saturated carbocycles. The molecule has 2 heterocycles. The van der Waals surface area contributed by atoms with Crippen LogP contribution >= 0.6 is 0 Å². The maximum atomic E-state index is 13.6. The minimum Gasteiger partial charge on any atom is -0.348 e. The van der Waals surface area contributed by atoms with Crippen LogP contribution in [0.15, 0.2) is 41.4 Å². The fourth-order valence-electron chi connectivity index (χ4n) is 5.27. The minimum atomic E-state index is -2.51.